The maximum atomic E-state index is 13.2. The van der Waals surface area contributed by atoms with Crippen molar-refractivity contribution in [3.8, 4) is 0 Å². The van der Waals surface area contributed by atoms with Gasteiger partial charge in [-0.1, -0.05) is 269 Å². The third-order valence-corrected chi connectivity index (χ3v) is 15.9. The van der Waals surface area contributed by atoms with Crippen LogP contribution in [0.2, 0.25) is 0 Å². The molecule has 0 aromatic heterocycles. The Morgan fingerprint density at radius 1 is 0.442 bits per heavy atom. The molecular weight excluding hydrogens is 967 g/mol. The fourth-order valence-corrected chi connectivity index (χ4v) is 10.6. The summed E-state index contributed by atoms with van der Waals surface area (Å²) in [6, 6.07) is -1.19. The van der Waals surface area contributed by atoms with Crippen molar-refractivity contribution >= 4 is 5.91 Å². The first-order chi connectivity index (χ1) is 37.7. The zero-order valence-corrected chi connectivity index (χ0v) is 50.0. The van der Waals surface area contributed by atoms with Crippen LogP contribution < -0.4 is 5.32 Å². The lowest BCUT2D eigenvalue weighted by molar-refractivity contribution is -0.303. The van der Waals surface area contributed by atoms with Gasteiger partial charge in [-0.3, -0.25) is 4.79 Å². The Kier molecular flexibility index (Phi) is 52.3. The zero-order valence-electron chi connectivity index (χ0n) is 50.0. The summed E-state index contributed by atoms with van der Waals surface area (Å²) < 4.78 is 11.1. The van der Waals surface area contributed by atoms with E-state index in [1.54, 1.807) is 0 Å². The van der Waals surface area contributed by atoms with Gasteiger partial charge in [-0.25, -0.2) is 0 Å². The summed E-state index contributed by atoms with van der Waals surface area (Å²) in [5.74, 6) is -0.706. The van der Waals surface area contributed by atoms with Gasteiger partial charge >= 0.3 is 0 Å². The highest BCUT2D eigenvalue weighted by atomic mass is 16.7. The van der Waals surface area contributed by atoms with Gasteiger partial charge in [0.05, 0.1) is 25.4 Å². The predicted molar refractivity (Wildman–Crippen MR) is 321 cm³/mol. The lowest BCUT2D eigenvalue weighted by Gasteiger charge is -2.40. The molecule has 77 heavy (non-hydrogen) atoms. The van der Waals surface area contributed by atoms with Crippen molar-refractivity contribution < 1.29 is 50.0 Å². The van der Waals surface area contributed by atoms with Gasteiger partial charge in [0.1, 0.15) is 36.6 Å². The molecule has 1 rings (SSSR count). The second kappa shape index (κ2) is 54.9. The van der Waals surface area contributed by atoms with E-state index in [1.807, 2.05) is 0 Å². The molecule has 1 amide bonds. The molecule has 11 nitrogen and oxygen atoms in total. The fraction of sp³-hybridized carbons (Fsp3) is 0.894. The van der Waals surface area contributed by atoms with Gasteiger partial charge < -0.3 is 50.5 Å². The molecular formula is C66H125NO10. The summed E-state index contributed by atoms with van der Waals surface area (Å²) in [6.07, 6.45) is 58.0. The highest BCUT2D eigenvalue weighted by Gasteiger charge is 2.44. The van der Waals surface area contributed by atoms with E-state index in [1.165, 1.54) is 225 Å². The SMILES string of the molecule is CCCCCCCCCCC/C=C/CC/C=C/CCCC(O)C(O)C(COC1OC(CO)C(O)C(O)C1O)NC(=O)C(O)CCCCCCCCCCCCCCCCCC/C=C\CCCCCCCCCCCCCC. The summed E-state index contributed by atoms with van der Waals surface area (Å²) in [5, 5.41) is 76.3. The van der Waals surface area contributed by atoms with E-state index in [0.717, 1.165) is 38.5 Å². The van der Waals surface area contributed by atoms with Gasteiger partial charge in [0.15, 0.2) is 6.29 Å². The van der Waals surface area contributed by atoms with Gasteiger partial charge in [-0.15, -0.1) is 0 Å². The second-order valence-electron chi connectivity index (χ2n) is 23.2. The van der Waals surface area contributed by atoms with Crippen molar-refractivity contribution in [3.05, 3.63) is 36.5 Å². The number of hydrogen-bond acceptors (Lipinski definition) is 10. The topological polar surface area (TPSA) is 189 Å². The molecule has 1 aliphatic rings. The largest absolute Gasteiger partial charge is 0.394 e. The third kappa shape index (κ3) is 42.8. The third-order valence-electron chi connectivity index (χ3n) is 15.9. The van der Waals surface area contributed by atoms with Crippen molar-refractivity contribution in [1.29, 1.82) is 0 Å². The summed E-state index contributed by atoms with van der Waals surface area (Å²) in [6.45, 7) is 3.47. The number of ether oxygens (including phenoxy) is 2. The molecule has 0 aliphatic carbocycles. The average Bonchev–Trinajstić information content (AvgIpc) is 3.43. The predicted octanol–water partition coefficient (Wildman–Crippen LogP) is 15.0. The molecule has 9 atom stereocenters. The maximum Gasteiger partial charge on any atom is 0.249 e. The quantitative estimate of drug-likeness (QED) is 0.0215. The van der Waals surface area contributed by atoms with E-state index < -0.39 is 74.2 Å². The number of aliphatic hydroxyl groups excluding tert-OH is 7. The van der Waals surface area contributed by atoms with Gasteiger partial charge in [-0.2, -0.15) is 0 Å². The molecule has 0 saturated carbocycles. The summed E-state index contributed by atoms with van der Waals surface area (Å²) in [4.78, 5) is 13.2. The normalized spacial score (nSPS) is 19.7. The standard InChI is InChI=1S/C66H125NO10/c1-3-5-7-9-11-13-15-17-19-21-23-24-25-26-27-28-29-30-31-32-33-34-35-36-38-40-42-44-46-48-50-52-54-59(70)65(75)67-57(56-76-66-64(74)63(73)62(72)60(55-68)77-66)61(71)58(69)53-51-49-47-45-43-41-39-37-22-20-18-16-14-12-10-8-6-4-2/h26-27,37,39,45,47,57-64,66,68-74H,3-25,28-36,38,40-44,46,48-56H2,1-2H3,(H,67,75)/b27-26-,39-37+,47-45+. The monoisotopic (exact) mass is 1090 g/mol. The van der Waals surface area contributed by atoms with Gasteiger partial charge in [0.2, 0.25) is 5.91 Å². The molecule has 8 N–H and O–H groups in total. The molecule has 0 radical (unpaired) electrons. The van der Waals surface area contributed by atoms with Gasteiger partial charge in [-0.05, 0) is 77.0 Å². The van der Waals surface area contributed by atoms with Crippen LogP contribution in [0.5, 0.6) is 0 Å². The first kappa shape index (κ1) is 73.3. The van der Waals surface area contributed by atoms with Crippen molar-refractivity contribution in [3.63, 3.8) is 0 Å². The molecule has 0 aromatic carbocycles. The second-order valence-corrected chi connectivity index (χ2v) is 23.2. The number of carbonyl (C=O) groups is 1. The van der Waals surface area contributed by atoms with Crippen LogP contribution in [0.1, 0.15) is 309 Å². The Labute approximate surface area is 473 Å². The lowest BCUT2D eigenvalue weighted by atomic mass is 9.98. The molecule has 1 aliphatic heterocycles. The van der Waals surface area contributed by atoms with Crippen LogP contribution in [0.25, 0.3) is 0 Å². The molecule has 0 spiro atoms. The Bertz CT molecular complexity index is 1350. The van der Waals surface area contributed by atoms with Crippen LogP contribution >= 0.6 is 0 Å². The van der Waals surface area contributed by atoms with Crippen LogP contribution in [0, 0.1) is 0 Å². The molecule has 0 aromatic rings. The minimum atomic E-state index is -1.67. The number of amides is 1. The highest BCUT2D eigenvalue weighted by molar-refractivity contribution is 5.80. The minimum Gasteiger partial charge on any atom is -0.394 e. The van der Waals surface area contributed by atoms with Crippen LogP contribution in [-0.4, -0.2) is 110 Å². The van der Waals surface area contributed by atoms with E-state index >= 15 is 0 Å². The minimum absolute atomic E-state index is 0.247. The number of allylic oxidation sites excluding steroid dienone is 6. The smallest absolute Gasteiger partial charge is 0.249 e. The van der Waals surface area contributed by atoms with Crippen LogP contribution in [0.4, 0.5) is 0 Å². The van der Waals surface area contributed by atoms with Crippen LogP contribution in [-0.2, 0) is 14.3 Å². The van der Waals surface area contributed by atoms with E-state index in [4.69, 9.17) is 9.47 Å². The molecule has 11 heteroatoms. The summed E-state index contributed by atoms with van der Waals surface area (Å²) in [5.41, 5.74) is 0. The Morgan fingerprint density at radius 2 is 0.779 bits per heavy atom. The molecule has 454 valence electrons. The Morgan fingerprint density at radius 3 is 1.16 bits per heavy atom. The van der Waals surface area contributed by atoms with E-state index in [0.29, 0.717) is 19.3 Å². The molecule has 9 unspecified atom stereocenters. The van der Waals surface area contributed by atoms with Crippen molar-refractivity contribution in [1.82, 2.24) is 5.32 Å². The number of aliphatic hydroxyl groups is 7. The molecule has 0 bridgehead atoms. The van der Waals surface area contributed by atoms with E-state index in [-0.39, 0.29) is 12.8 Å². The van der Waals surface area contributed by atoms with E-state index in [9.17, 15) is 40.5 Å². The van der Waals surface area contributed by atoms with Gasteiger partial charge in [0.25, 0.3) is 0 Å². The van der Waals surface area contributed by atoms with E-state index in [2.05, 4.69) is 55.6 Å². The Balaban J connectivity index is 2.21. The summed E-state index contributed by atoms with van der Waals surface area (Å²) in [7, 11) is 0. The Hall–Kier alpha value is -1.67. The molecule has 1 heterocycles. The lowest BCUT2D eigenvalue weighted by Crippen LogP contribution is -2.60. The van der Waals surface area contributed by atoms with Crippen molar-refractivity contribution in [2.24, 2.45) is 0 Å². The number of hydrogen-bond donors (Lipinski definition) is 8. The number of nitrogens with one attached hydrogen (secondary N) is 1. The highest BCUT2D eigenvalue weighted by Crippen LogP contribution is 2.24. The first-order valence-electron chi connectivity index (χ1n) is 32.9. The molecule has 1 fully saturated rings. The van der Waals surface area contributed by atoms with Crippen LogP contribution in [0.15, 0.2) is 36.5 Å². The zero-order chi connectivity index (χ0) is 56.1. The van der Waals surface area contributed by atoms with Crippen molar-refractivity contribution in [2.45, 2.75) is 364 Å². The molecule has 1 saturated heterocycles. The average molecular weight is 1090 g/mol. The van der Waals surface area contributed by atoms with Crippen LogP contribution in [0.3, 0.4) is 0 Å². The number of rotatable bonds is 57. The number of unbranched alkanes of at least 4 members (excludes halogenated alkanes) is 39. The van der Waals surface area contributed by atoms with Crippen molar-refractivity contribution in [2.75, 3.05) is 13.2 Å². The fourth-order valence-electron chi connectivity index (χ4n) is 10.6. The summed E-state index contributed by atoms with van der Waals surface area (Å²) >= 11 is 0. The maximum absolute atomic E-state index is 13.2. The number of carbonyl (C=O) groups excluding carboxylic acids is 1. The first-order valence-corrected chi connectivity index (χ1v) is 32.9. The van der Waals surface area contributed by atoms with Gasteiger partial charge in [0, 0.05) is 0 Å².